The molecule has 0 spiro atoms. The fourth-order valence-electron chi connectivity index (χ4n) is 2.17. The molecule has 100 valence electrons. The van der Waals surface area contributed by atoms with E-state index in [4.69, 9.17) is 11.6 Å². The van der Waals surface area contributed by atoms with Gasteiger partial charge in [-0.1, -0.05) is 25.4 Å². The van der Waals surface area contributed by atoms with Gasteiger partial charge in [0.15, 0.2) is 0 Å². The van der Waals surface area contributed by atoms with E-state index in [0.29, 0.717) is 23.0 Å². The summed E-state index contributed by atoms with van der Waals surface area (Å²) >= 11 is 6.19. The molecule has 0 aromatic carbocycles. The van der Waals surface area contributed by atoms with Gasteiger partial charge in [-0.05, 0) is 39.0 Å². The molecule has 3 nitrogen and oxygen atoms in total. The van der Waals surface area contributed by atoms with E-state index in [9.17, 15) is 0 Å². The largest absolute Gasteiger partial charge is 0.367 e. The first-order valence-electron chi connectivity index (χ1n) is 6.78. The minimum atomic E-state index is 0.404. The summed E-state index contributed by atoms with van der Waals surface area (Å²) in [6, 6.07) is 0.404. The normalized spacial score (nSPS) is 17.0. The van der Waals surface area contributed by atoms with Crippen LogP contribution < -0.4 is 5.32 Å². The van der Waals surface area contributed by atoms with Gasteiger partial charge in [-0.2, -0.15) is 0 Å². The molecule has 4 heteroatoms. The van der Waals surface area contributed by atoms with Gasteiger partial charge in [0.1, 0.15) is 16.8 Å². The lowest BCUT2D eigenvalue weighted by molar-refractivity contribution is 0.538. The maximum atomic E-state index is 6.19. The minimum Gasteiger partial charge on any atom is -0.367 e. The lowest BCUT2D eigenvalue weighted by atomic mass is 10.1. The zero-order valence-electron chi connectivity index (χ0n) is 11.6. The number of halogens is 1. The van der Waals surface area contributed by atoms with Gasteiger partial charge < -0.3 is 5.32 Å². The summed E-state index contributed by atoms with van der Waals surface area (Å²) in [6.45, 7) is 8.62. The number of hydrogen-bond donors (Lipinski definition) is 1. The summed E-state index contributed by atoms with van der Waals surface area (Å²) < 4.78 is 0. The smallest absolute Gasteiger partial charge is 0.137 e. The van der Waals surface area contributed by atoms with Crippen LogP contribution in [0.2, 0.25) is 5.15 Å². The van der Waals surface area contributed by atoms with Crippen LogP contribution in [0.3, 0.4) is 0 Å². The van der Waals surface area contributed by atoms with Crippen LogP contribution in [0.4, 0.5) is 5.82 Å². The van der Waals surface area contributed by atoms with Crippen LogP contribution in [0.15, 0.2) is 0 Å². The zero-order chi connectivity index (χ0) is 13.3. The van der Waals surface area contributed by atoms with Gasteiger partial charge in [0.05, 0.1) is 0 Å². The van der Waals surface area contributed by atoms with Gasteiger partial charge in [0.25, 0.3) is 0 Å². The van der Waals surface area contributed by atoms with Gasteiger partial charge in [-0.3, -0.25) is 0 Å². The number of nitrogens with zero attached hydrogens (tertiary/aromatic N) is 2. The fourth-order valence-corrected chi connectivity index (χ4v) is 2.35. The predicted octanol–water partition coefficient (Wildman–Crippen LogP) is 4.16. The van der Waals surface area contributed by atoms with Crippen molar-refractivity contribution in [3.05, 3.63) is 16.5 Å². The van der Waals surface area contributed by atoms with E-state index in [-0.39, 0.29) is 0 Å². The highest BCUT2D eigenvalue weighted by atomic mass is 35.5. The Kier molecular flexibility index (Phi) is 4.10. The third kappa shape index (κ3) is 3.35. The highest BCUT2D eigenvalue weighted by Gasteiger charge is 2.28. The van der Waals surface area contributed by atoms with Gasteiger partial charge in [0, 0.05) is 17.5 Å². The molecular weight excluding hydrogens is 246 g/mol. The standard InChI is InChI=1S/C14H22ClN3/c1-8(2)7-9(3)16-13-10(4)12(15)17-14(18-13)11-5-6-11/h8-9,11H,5-7H2,1-4H3,(H,16,17,18). The average Bonchev–Trinajstić information content (AvgIpc) is 3.06. The van der Waals surface area contributed by atoms with Crippen molar-refractivity contribution >= 4 is 17.4 Å². The van der Waals surface area contributed by atoms with E-state index in [1.165, 1.54) is 12.8 Å². The molecule has 1 aliphatic carbocycles. The third-order valence-electron chi connectivity index (χ3n) is 3.25. The van der Waals surface area contributed by atoms with Gasteiger partial charge in [0.2, 0.25) is 0 Å². The Morgan fingerprint density at radius 3 is 2.50 bits per heavy atom. The van der Waals surface area contributed by atoms with E-state index in [2.05, 4.69) is 36.1 Å². The maximum absolute atomic E-state index is 6.19. The van der Waals surface area contributed by atoms with Gasteiger partial charge >= 0.3 is 0 Å². The predicted molar refractivity (Wildman–Crippen MR) is 76.3 cm³/mol. The van der Waals surface area contributed by atoms with Crippen LogP contribution in [-0.2, 0) is 0 Å². The molecule has 0 saturated heterocycles. The summed E-state index contributed by atoms with van der Waals surface area (Å²) in [6.07, 6.45) is 3.51. The molecule has 0 radical (unpaired) electrons. The molecule has 1 saturated carbocycles. The third-order valence-corrected chi connectivity index (χ3v) is 3.62. The first-order chi connectivity index (χ1) is 8.47. The molecule has 0 amide bonds. The Balaban J connectivity index is 2.15. The number of rotatable bonds is 5. The topological polar surface area (TPSA) is 37.8 Å². The summed E-state index contributed by atoms with van der Waals surface area (Å²) in [5.74, 6) is 3.02. The van der Waals surface area contributed by atoms with Crippen LogP contribution in [0.25, 0.3) is 0 Å². The molecule has 1 heterocycles. The summed E-state index contributed by atoms with van der Waals surface area (Å²) in [7, 11) is 0. The second-order valence-corrected chi connectivity index (χ2v) is 6.15. The highest BCUT2D eigenvalue weighted by Crippen LogP contribution is 2.39. The Morgan fingerprint density at radius 1 is 1.28 bits per heavy atom. The second-order valence-electron chi connectivity index (χ2n) is 5.80. The molecular formula is C14H22ClN3. The van der Waals surface area contributed by atoms with Crippen molar-refractivity contribution in [2.24, 2.45) is 5.92 Å². The lowest BCUT2D eigenvalue weighted by Gasteiger charge is -2.18. The molecule has 1 atom stereocenters. The molecule has 2 rings (SSSR count). The van der Waals surface area contributed by atoms with Gasteiger partial charge in [-0.25, -0.2) is 9.97 Å². The molecule has 1 aliphatic rings. The van der Waals surface area contributed by atoms with Crippen molar-refractivity contribution < 1.29 is 0 Å². The van der Waals surface area contributed by atoms with Crippen LogP contribution >= 0.6 is 11.6 Å². The molecule has 0 aliphatic heterocycles. The van der Waals surface area contributed by atoms with E-state index in [1.54, 1.807) is 0 Å². The van der Waals surface area contributed by atoms with E-state index >= 15 is 0 Å². The quantitative estimate of drug-likeness (QED) is 0.814. The zero-order valence-corrected chi connectivity index (χ0v) is 12.4. The van der Waals surface area contributed by atoms with E-state index in [0.717, 1.165) is 23.6 Å². The van der Waals surface area contributed by atoms with Crippen LogP contribution in [-0.4, -0.2) is 16.0 Å². The summed E-state index contributed by atoms with van der Waals surface area (Å²) in [5.41, 5.74) is 0.955. The number of hydrogen-bond acceptors (Lipinski definition) is 3. The maximum Gasteiger partial charge on any atom is 0.137 e. The molecule has 1 aromatic rings. The highest BCUT2D eigenvalue weighted by molar-refractivity contribution is 6.30. The van der Waals surface area contributed by atoms with Crippen molar-refractivity contribution in [3.63, 3.8) is 0 Å². The molecule has 1 aromatic heterocycles. The summed E-state index contributed by atoms with van der Waals surface area (Å²) in [4.78, 5) is 9.01. The lowest BCUT2D eigenvalue weighted by Crippen LogP contribution is -2.19. The molecule has 18 heavy (non-hydrogen) atoms. The molecule has 1 fully saturated rings. The monoisotopic (exact) mass is 267 g/mol. The van der Waals surface area contributed by atoms with Crippen molar-refractivity contribution in [3.8, 4) is 0 Å². The minimum absolute atomic E-state index is 0.404. The SMILES string of the molecule is Cc1c(Cl)nc(C2CC2)nc1NC(C)CC(C)C. The first-order valence-corrected chi connectivity index (χ1v) is 7.15. The number of nitrogens with one attached hydrogen (secondary N) is 1. The molecule has 1 N–H and O–H groups in total. The van der Waals surface area contributed by atoms with E-state index < -0.39 is 0 Å². The van der Waals surface area contributed by atoms with Crippen molar-refractivity contribution in [1.82, 2.24) is 9.97 Å². The fraction of sp³-hybridized carbons (Fsp3) is 0.714. The Hall–Kier alpha value is -0.830. The van der Waals surface area contributed by atoms with Crippen LogP contribution in [0.5, 0.6) is 0 Å². The number of aromatic nitrogens is 2. The van der Waals surface area contributed by atoms with Crippen molar-refractivity contribution in [2.75, 3.05) is 5.32 Å². The van der Waals surface area contributed by atoms with Crippen molar-refractivity contribution in [2.45, 2.75) is 58.9 Å². The Morgan fingerprint density at radius 2 is 1.94 bits per heavy atom. The Labute approximate surface area is 114 Å². The molecule has 0 bridgehead atoms. The van der Waals surface area contributed by atoms with Crippen LogP contribution in [0, 0.1) is 12.8 Å². The first kappa shape index (κ1) is 13.6. The molecule has 1 unspecified atom stereocenters. The Bertz CT molecular complexity index is 427. The second kappa shape index (κ2) is 5.43. The summed E-state index contributed by atoms with van der Waals surface area (Å²) in [5, 5.41) is 4.06. The number of anilines is 1. The van der Waals surface area contributed by atoms with Crippen molar-refractivity contribution in [1.29, 1.82) is 0 Å². The van der Waals surface area contributed by atoms with Crippen LogP contribution in [0.1, 0.15) is 57.3 Å². The average molecular weight is 268 g/mol. The van der Waals surface area contributed by atoms with Gasteiger partial charge in [-0.15, -0.1) is 0 Å². The van der Waals surface area contributed by atoms with E-state index in [1.807, 2.05) is 6.92 Å².